The number of halogens is 1. The summed E-state index contributed by atoms with van der Waals surface area (Å²) in [7, 11) is -1.36. The van der Waals surface area contributed by atoms with Crippen molar-refractivity contribution in [2.24, 2.45) is 0 Å². The second-order valence-corrected chi connectivity index (χ2v) is 10.2. The van der Waals surface area contributed by atoms with E-state index < -0.39 is 8.07 Å². The number of aromatic nitrogens is 1. The molecule has 0 N–H and O–H groups in total. The molecule has 1 heterocycles. The maximum absolute atomic E-state index is 6.12. The van der Waals surface area contributed by atoms with Crippen LogP contribution in [0.2, 0.25) is 24.7 Å². The van der Waals surface area contributed by atoms with Crippen molar-refractivity contribution >= 4 is 30.6 Å². The van der Waals surface area contributed by atoms with E-state index in [0.717, 1.165) is 16.6 Å². The minimum Gasteiger partial charge on any atom is -0.238 e. The third kappa shape index (κ3) is 3.09. The second kappa shape index (κ2) is 4.52. The van der Waals surface area contributed by atoms with Crippen LogP contribution in [0.3, 0.4) is 0 Å². The molecule has 3 heteroatoms. The topological polar surface area (TPSA) is 12.9 Å². The molecule has 86 valence electrons. The number of para-hydroxylation sites is 1. The Balaban J connectivity index is 2.51. The van der Waals surface area contributed by atoms with Crippen LogP contribution in [0.25, 0.3) is 10.9 Å². The van der Waals surface area contributed by atoms with Gasteiger partial charge in [-0.05, 0) is 18.2 Å². The molecule has 0 aliphatic rings. The van der Waals surface area contributed by atoms with Crippen LogP contribution in [0.1, 0.15) is 5.69 Å². The average molecular weight is 260 g/mol. The van der Waals surface area contributed by atoms with Crippen LogP contribution < -0.4 is 0 Å². The largest absolute Gasteiger partial charge is 0.238 e. The van der Waals surface area contributed by atoms with Gasteiger partial charge < -0.3 is 0 Å². The average Bonchev–Trinajstić information content (AvgIpc) is 2.26. The summed E-state index contributed by atoms with van der Waals surface area (Å²) in [6.45, 7) is 6.65. The molecule has 0 atom stereocenters. The molecule has 0 amide bonds. The monoisotopic (exact) mass is 259 g/mol. The summed E-state index contributed by atoms with van der Waals surface area (Å²) in [5, 5.41) is 1.73. The summed E-state index contributed by atoms with van der Waals surface area (Å²) < 4.78 is 0. The lowest BCUT2D eigenvalue weighted by atomic mass is 10.2. The van der Waals surface area contributed by atoms with Crippen molar-refractivity contribution in [3.8, 4) is 11.5 Å². The molecule has 0 bridgehead atoms. The molecule has 17 heavy (non-hydrogen) atoms. The lowest BCUT2D eigenvalue weighted by Crippen LogP contribution is -2.16. The Morgan fingerprint density at radius 3 is 2.59 bits per heavy atom. The lowest BCUT2D eigenvalue weighted by molar-refractivity contribution is 1.36. The van der Waals surface area contributed by atoms with Crippen LogP contribution >= 0.6 is 11.6 Å². The molecule has 2 rings (SSSR count). The van der Waals surface area contributed by atoms with Crippen molar-refractivity contribution in [1.29, 1.82) is 0 Å². The van der Waals surface area contributed by atoms with E-state index in [1.54, 1.807) is 0 Å². The van der Waals surface area contributed by atoms with Gasteiger partial charge in [-0.25, -0.2) is 4.98 Å². The smallest absolute Gasteiger partial charge is 0.129 e. The molecule has 1 nitrogen and oxygen atoms in total. The van der Waals surface area contributed by atoms with E-state index in [0.29, 0.717) is 5.02 Å². The molecule has 0 spiro atoms. The van der Waals surface area contributed by atoms with Crippen LogP contribution in [0.5, 0.6) is 0 Å². The van der Waals surface area contributed by atoms with Crippen LogP contribution in [0.15, 0.2) is 30.3 Å². The fourth-order valence-electron chi connectivity index (χ4n) is 1.43. The maximum atomic E-state index is 6.12. The molecule has 0 saturated carbocycles. The molecule has 0 radical (unpaired) electrons. The van der Waals surface area contributed by atoms with Crippen molar-refractivity contribution in [3.05, 3.63) is 41.0 Å². The van der Waals surface area contributed by atoms with Gasteiger partial charge in [-0.2, -0.15) is 0 Å². The quantitative estimate of drug-likeness (QED) is 0.512. The summed E-state index contributed by atoms with van der Waals surface area (Å²) in [5.74, 6) is 3.15. The third-order valence-corrected chi connectivity index (χ3v) is 3.42. The number of benzene rings is 1. The zero-order valence-corrected chi connectivity index (χ0v) is 12.0. The number of nitrogens with zero attached hydrogens (tertiary/aromatic N) is 1. The van der Waals surface area contributed by atoms with Crippen molar-refractivity contribution in [1.82, 2.24) is 4.98 Å². The van der Waals surface area contributed by atoms with Gasteiger partial charge in [0.1, 0.15) is 13.8 Å². The van der Waals surface area contributed by atoms with Crippen LogP contribution in [0.4, 0.5) is 0 Å². The Morgan fingerprint density at radius 2 is 1.88 bits per heavy atom. The number of pyridine rings is 1. The van der Waals surface area contributed by atoms with Gasteiger partial charge in [0.25, 0.3) is 0 Å². The molecule has 2 aromatic rings. The first-order valence-corrected chi connectivity index (χ1v) is 9.42. The van der Waals surface area contributed by atoms with E-state index in [9.17, 15) is 0 Å². The van der Waals surface area contributed by atoms with Gasteiger partial charge in [-0.1, -0.05) is 49.3 Å². The summed E-state index contributed by atoms with van der Waals surface area (Å²) in [5.41, 5.74) is 4.93. The van der Waals surface area contributed by atoms with E-state index in [-0.39, 0.29) is 0 Å². The first-order chi connectivity index (χ1) is 7.96. The van der Waals surface area contributed by atoms with Crippen molar-refractivity contribution < 1.29 is 0 Å². The van der Waals surface area contributed by atoms with E-state index in [4.69, 9.17) is 11.6 Å². The molecular formula is C14H14ClNSi. The lowest BCUT2D eigenvalue weighted by Gasteiger charge is -2.03. The predicted molar refractivity (Wildman–Crippen MR) is 77.0 cm³/mol. The summed E-state index contributed by atoms with van der Waals surface area (Å²) in [4.78, 5) is 4.49. The van der Waals surface area contributed by atoms with Crippen molar-refractivity contribution in [3.63, 3.8) is 0 Å². The fourth-order valence-corrected chi connectivity index (χ4v) is 2.16. The van der Waals surface area contributed by atoms with Gasteiger partial charge in [0.15, 0.2) is 0 Å². The highest BCUT2D eigenvalue weighted by molar-refractivity contribution is 6.83. The number of fused-ring (bicyclic) bond motifs is 1. The SMILES string of the molecule is C[Si](C)(C)C#Cc1ccc2cccc(Cl)c2n1. The molecular weight excluding hydrogens is 246 g/mol. The first kappa shape index (κ1) is 12.2. The van der Waals surface area contributed by atoms with Crippen LogP contribution in [-0.4, -0.2) is 13.1 Å². The fraction of sp³-hybridized carbons (Fsp3) is 0.214. The summed E-state index contributed by atoms with van der Waals surface area (Å²) in [6.07, 6.45) is 0. The van der Waals surface area contributed by atoms with Gasteiger partial charge in [0.05, 0.1) is 10.5 Å². The minimum atomic E-state index is -1.36. The normalized spacial score (nSPS) is 11.1. The van der Waals surface area contributed by atoms with Crippen LogP contribution in [-0.2, 0) is 0 Å². The van der Waals surface area contributed by atoms with E-state index in [2.05, 4.69) is 36.1 Å². The molecule has 0 fully saturated rings. The van der Waals surface area contributed by atoms with Gasteiger partial charge in [0.2, 0.25) is 0 Å². The summed E-state index contributed by atoms with van der Waals surface area (Å²) >= 11 is 6.12. The second-order valence-electron chi connectivity index (χ2n) is 5.01. The van der Waals surface area contributed by atoms with Crippen molar-refractivity contribution in [2.45, 2.75) is 19.6 Å². The molecule has 0 aliphatic heterocycles. The molecule has 0 saturated heterocycles. The predicted octanol–water partition coefficient (Wildman–Crippen LogP) is 4.12. The minimum absolute atomic E-state index is 0.680. The molecule has 0 unspecified atom stereocenters. The maximum Gasteiger partial charge on any atom is 0.129 e. The Bertz CT molecular complexity index is 617. The number of hydrogen-bond acceptors (Lipinski definition) is 1. The Labute approximate surface area is 108 Å². The van der Waals surface area contributed by atoms with Gasteiger partial charge >= 0.3 is 0 Å². The highest BCUT2D eigenvalue weighted by Gasteiger charge is 2.07. The number of hydrogen-bond donors (Lipinski definition) is 0. The molecule has 1 aromatic carbocycles. The summed E-state index contributed by atoms with van der Waals surface area (Å²) in [6, 6.07) is 9.75. The molecule has 0 aliphatic carbocycles. The molecule has 1 aromatic heterocycles. The standard InChI is InChI=1S/C14H14ClNSi/c1-17(2,3)10-9-12-8-7-11-5-4-6-13(15)14(11)16-12/h4-8H,1-3H3. The van der Waals surface area contributed by atoms with E-state index in [1.165, 1.54) is 0 Å². The van der Waals surface area contributed by atoms with Gasteiger partial charge in [0, 0.05) is 5.39 Å². The highest BCUT2D eigenvalue weighted by Crippen LogP contribution is 2.21. The van der Waals surface area contributed by atoms with Gasteiger partial charge in [-0.15, -0.1) is 5.54 Å². The van der Waals surface area contributed by atoms with Crippen LogP contribution in [0, 0.1) is 11.5 Å². The van der Waals surface area contributed by atoms with E-state index in [1.807, 2.05) is 30.3 Å². The zero-order valence-electron chi connectivity index (χ0n) is 10.2. The van der Waals surface area contributed by atoms with E-state index >= 15 is 0 Å². The van der Waals surface area contributed by atoms with Crippen molar-refractivity contribution in [2.75, 3.05) is 0 Å². The zero-order chi connectivity index (χ0) is 12.5. The highest BCUT2D eigenvalue weighted by atomic mass is 35.5. The number of rotatable bonds is 0. The Hall–Kier alpha value is -1.30. The van der Waals surface area contributed by atoms with Gasteiger partial charge in [-0.3, -0.25) is 0 Å². The Morgan fingerprint density at radius 1 is 1.12 bits per heavy atom. The third-order valence-electron chi connectivity index (χ3n) is 2.24. The Kier molecular flexibility index (Phi) is 3.23. The first-order valence-electron chi connectivity index (χ1n) is 5.54.